The van der Waals surface area contributed by atoms with Crippen LogP contribution in [0.4, 0.5) is 0 Å². The molecule has 1 rings (SSSR count). The second-order valence-corrected chi connectivity index (χ2v) is 5.01. The highest BCUT2D eigenvalue weighted by Crippen LogP contribution is 2.16. The fourth-order valence-electron chi connectivity index (χ4n) is 1.91. The molecule has 0 amide bonds. The minimum absolute atomic E-state index is 0.288. The first-order chi connectivity index (χ1) is 8.15. The minimum atomic E-state index is 0.288. The molecule has 1 aromatic rings. The molecule has 1 nitrogen and oxygen atoms in total. The van der Waals surface area contributed by atoms with Crippen LogP contribution in [0.5, 0.6) is 0 Å². The average molecular weight is 232 g/mol. The van der Waals surface area contributed by atoms with Crippen molar-refractivity contribution in [2.75, 3.05) is 0 Å². The second kappa shape index (κ2) is 7.26. The predicted octanol–water partition coefficient (Wildman–Crippen LogP) is 4.96. The van der Waals surface area contributed by atoms with Crippen molar-refractivity contribution in [1.82, 2.24) is 0 Å². The van der Waals surface area contributed by atoms with Crippen molar-refractivity contribution in [1.29, 1.82) is 0 Å². The van der Waals surface area contributed by atoms with Gasteiger partial charge >= 0.3 is 0 Å². The molecule has 0 aliphatic heterocycles. The molecular formula is C16H24O. The summed E-state index contributed by atoms with van der Waals surface area (Å²) in [5, 5.41) is 0. The van der Waals surface area contributed by atoms with E-state index in [4.69, 9.17) is 0 Å². The molecule has 0 N–H and O–H groups in total. The number of benzene rings is 1. The van der Waals surface area contributed by atoms with Gasteiger partial charge in [-0.15, -0.1) is 0 Å². The Kier molecular flexibility index (Phi) is 5.96. The first kappa shape index (κ1) is 14.0. The Morgan fingerprint density at radius 2 is 1.71 bits per heavy atom. The van der Waals surface area contributed by atoms with E-state index in [1.165, 1.54) is 24.8 Å². The standard InChI is InChI=1S/C16H24O/c1-4-5-6-7-8-16(17)15-11-9-14(10-12-15)13(2)3/h9-13H,4-8H2,1-3H3. The molecule has 0 spiro atoms. The molecule has 0 saturated heterocycles. The molecule has 0 heterocycles. The molecule has 1 aromatic carbocycles. The molecule has 0 aliphatic carbocycles. The van der Waals surface area contributed by atoms with E-state index in [-0.39, 0.29) is 5.78 Å². The van der Waals surface area contributed by atoms with Gasteiger partial charge in [0.2, 0.25) is 0 Å². The first-order valence-electron chi connectivity index (χ1n) is 6.78. The molecule has 1 heteroatoms. The predicted molar refractivity (Wildman–Crippen MR) is 73.6 cm³/mol. The Hall–Kier alpha value is -1.11. The molecule has 0 bridgehead atoms. The fraction of sp³-hybridized carbons (Fsp3) is 0.562. The maximum Gasteiger partial charge on any atom is 0.162 e. The largest absolute Gasteiger partial charge is 0.294 e. The maximum atomic E-state index is 11.9. The monoisotopic (exact) mass is 232 g/mol. The topological polar surface area (TPSA) is 17.1 Å². The molecule has 0 fully saturated rings. The highest BCUT2D eigenvalue weighted by Gasteiger charge is 2.06. The van der Waals surface area contributed by atoms with Crippen LogP contribution in [0.2, 0.25) is 0 Å². The number of unbranched alkanes of at least 4 members (excludes halogenated alkanes) is 3. The quantitative estimate of drug-likeness (QED) is 0.479. The van der Waals surface area contributed by atoms with Gasteiger partial charge in [0.25, 0.3) is 0 Å². The summed E-state index contributed by atoms with van der Waals surface area (Å²) in [6.45, 7) is 6.52. The highest BCUT2D eigenvalue weighted by atomic mass is 16.1. The molecule has 0 saturated carbocycles. The van der Waals surface area contributed by atoms with Gasteiger partial charge in [-0.2, -0.15) is 0 Å². The summed E-state index contributed by atoms with van der Waals surface area (Å²) in [6, 6.07) is 8.09. The Morgan fingerprint density at radius 1 is 1.06 bits per heavy atom. The number of rotatable bonds is 7. The third-order valence-electron chi connectivity index (χ3n) is 3.16. The number of carbonyl (C=O) groups excluding carboxylic acids is 1. The second-order valence-electron chi connectivity index (χ2n) is 5.01. The van der Waals surface area contributed by atoms with Crippen molar-refractivity contribution in [3.63, 3.8) is 0 Å². The van der Waals surface area contributed by atoms with Crippen molar-refractivity contribution < 1.29 is 4.79 Å². The van der Waals surface area contributed by atoms with Gasteiger partial charge in [0, 0.05) is 12.0 Å². The zero-order valence-electron chi connectivity index (χ0n) is 11.3. The molecule has 0 atom stereocenters. The summed E-state index contributed by atoms with van der Waals surface area (Å²) in [5.41, 5.74) is 2.17. The maximum absolute atomic E-state index is 11.9. The summed E-state index contributed by atoms with van der Waals surface area (Å²) < 4.78 is 0. The van der Waals surface area contributed by atoms with Gasteiger partial charge in [0.05, 0.1) is 0 Å². The van der Waals surface area contributed by atoms with Gasteiger partial charge in [-0.1, -0.05) is 64.3 Å². The number of hydrogen-bond donors (Lipinski definition) is 0. The molecule has 17 heavy (non-hydrogen) atoms. The smallest absolute Gasteiger partial charge is 0.162 e. The summed E-state index contributed by atoms with van der Waals surface area (Å²) >= 11 is 0. The van der Waals surface area contributed by atoms with Crippen LogP contribution in [0.15, 0.2) is 24.3 Å². The van der Waals surface area contributed by atoms with E-state index >= 15 is 0 Å². The van der Waals surface area contributed by atoms with E-state index in [2.05, 4.69) is 32.9 Å². The lowest BCUT2D eigenvalue weighted by atomic mass is 9.99. The minimum Gasteiger partial charge on any atom is -0.294 e. The van der Waals surface area contributed by atoms with Gasteiger partial charge in [0.1, 0.15) is 0 Å². The summed E-state index contributed by atoms with van der Waals surface area (Å²) in [6.07, 6.45) is 5.35. The molecule has 0 aromatic heterocycles. The zero-order chi connectivity index (χ0) is 12.7. The Bertz CT molecular complexity index is 335. The molecule has 0 aliphatic rings. The van der Waals surface area contributed by atoms with Crippen molar-refractivity contribution in [2.45, 2.75) is 58.8 Å². The molecule has 0 radical (unpaired) electrons. The van der Waals surface area contributed by atoms with Gasteiger partial charge < -0.3 is 0 Å². The number of hydrogen-bond acceptors (Lipinski definition) is 1. The lowest BCUT2D eigenvalue weighted by Gasteiger charge is -2.06. The van der Waals surface area contributed by atoms with Crippen LogP contribution < -0.4 is 0 Å². The van der Waals surface area contributed by atoms with E-state index < -0.39 is 0 Å². The molecular weight excluding hydrogens is 208 g/mol. The average Bonchev–Trinajstić information content (AvgIpc) is 2.34. The van der Waals surface area contributed by atoms with E-state index in [1.807, 2.05) is 12.1 Å². The summed E-state index contributed by atoms with van der Waals surface area (Å²) in [5.74, 6) is 0.820. The lowest BCUT2D eigenvalue weighted by molar-refractivity contribution is 0.0979. The van der Waals surface area contributed by atoms with Gasteiger partial charge in [-0.05, 0) is 17.9 Å². The van der Waals surface area contributed by atoms with Crippen molar-refractivity contribution in [2.24, 2.45) is 0 Å². The van der Waals surface area contributed by atoms with Crippen molar-refractivity contribution in [3.05, 3.63) is 35.4 Å². The van der Waals surface area contributed by atoms with Gasteiger partial charge in [-0.25, -0.2) is 0 Å². The number of ketones is 1. The summed E-state index contributed by atoms with van der Waals surface area (Å²) in [7, 11) is 0. The normalized spacial score (nSPS) is 10.8. The summed E-state index contributed by atoms with van der Waals surface area (Å²) in [4.78, 5) is 11.9. The van der Waals surface area contributed by atoms with Crippen LogP contribution in [0.1, 0.15) is 74.7 Å². The van der Waals surface area contributed by atoms with Crippen LogP contribution in [-0.2, 0) is 0 Å². The third-order valence-corrected chi connectivity index (χ3v) is 3.16. The first-order valence-corrected chi connectivity index (χ1v) is 6.78. The van der Waals surface area contributed by atoms with Crippen molar-refractivity contribution >= 4 is 5.78 Å². The van der Waals surface area contributed by atoms with E-state index in [0.717, 1.165) is 12.0 Å². The Labute approximate surface area is 105 Å². The highest BCUT2D eigenvalue weighted by molar-refractivity contribution is 5.96. The van der Waals surface area contributed by atoms with E-state index in [9.17, 15) is 4.79 Å². The van der Waals surface area contributed by atoms with Crippen LogP contribution >= 0.6 is 0 Å². The molecule has 0 unspecified atom stereocenters. The lowest BCUT2D eigenvalue weighted by Crippen LogP contribution is -1.99. The van der Waals surface area contributed by atoms with Crippen LogP contribution in [0.25, 0.3) is 0 Å². The van der Waals surface area contributed by atoms with Crippen LogP contribution in [0.3, 0.4) is 0 Å². The van der Waals surface area contributed by atoms with Crippen molar-refractivity contribution in [3.8, 4) is 0 Å². The van der Waals surface area contributed by atoms with Crippen LogP contribution in [0, 0.1) is 0 Å². The van der Waals surface area contributed by atoms with Crippen LogP contribution in [-0.4, -0.2) is 5.78 Å². The molecule has 94 valence electrons. The third kappa shape index (κ3) is 4.72. The SMILES string of the molecule is CCCCCCC(=O)c1ccc(C(C)C)cc1. The Morgan fingerprint density at radius 3 is 2.24 bits per heavy atom. The Balaban J connectivity index is 2.46. The van der Waals surface area contributed by atoms with E-state index in [0.29, 0.717) is 12.3 Å². The zero-order valence-corrected chi connectivity index (χ0v) is 11.3. The number of carbonyl (C=O) groups is 1. The van der Waals surface area contributed by atoms with Gasteiger partial charge in [-0.3, -0.25) is 4.79 Å². The van der Waals surface area contributed by atoms with E-state index in [1.54, 1.807) is 0 Å². The number of Topliss-reactive ketones (excluding diaryl/α,β-unsaturated/α-hetero) is 1. The fourth-order valence-corrected chi connectivity index (χ4v) is 1.91. The van der Waals surface area contributed by atoms with Gasteiger partial charge in [0.15, 0.2) is 5.78 Å².